The summed E-state index contributed by atoms with van der Waals surface area (Å²) >= 11 is 3.16. The standard InChI is InChI=1S/C12H10BrF3N2O/c13-5-1-2-8(14)6(3-5)12(10(15)16)7-4-9(7)19-11(17)18-12/h1-3,7,9-10H,4H2,(H2,17,18)/t7-,9+,12+/m0/s1. The van der Waals surface area contributed by atoms with Crippen LogP contribution in [-0.2, 0) is 10.3 Å². The van der Waals surface area contributed by atoms with Gasteiger partial charge in [-0.15, -0.1) is 0 Å². The van der Waals surface area contributed by atoms with Crippen LogP contribution in [0.1, 0.15) is 12.0 Å². The SMILES string of the molecule is NC1=N[C@@](c2cc(Br)ccc2F)(C(F)F)[C@H]2C[C@H]2O1. The monoisotopic (exact) mass is 334 g/mol. The first-order valence-corrected chi connectivity index (χ1v) is 6.50. The molecule has 0 bridgehead atoms. The summed E-state index contributed by atoms with van der Waals surface area (Å²) in [4.78, 5) is 3.77. The quantitative estimate of drug-likeness (QED) is 0.904. The predicted molar refractivity (Wildman–Crippen MR) is 66.4 cm³/mol. The minimum atomic E-state index is -2.85. The number of alkyl halides is 2. The number of benzene rings is 1. The molecule has 1 saturated carbocycles. The second-order valence-corrected chi connectivity index (χ2v) is 5.61. The van der Waals surface area contributed by atoms with E-state index in [1.54, 1.807) is 0 Å². The fourth-order valence-corrected chi connectivity index (χ4v) is 2.97. The summed E-state index contributed by atoms with van der Waals surface area (Å²) in [7, 11) is 0. The molecule has 2 N–H and O–H groups in total. The van der Waals surface area contributed by atoms with Gasteiger partial charge < -0.3 is 10.5 Å². The van der Waals surface area contributed by atoms with Gasteiger partial charge in [0.25, 0.3) is 12.4 Å². The smallest absolute Gasteiger partial charge is 0.283 e. The molecule has 102 valence electrons. The van der Waals surface area contributed by atoms with Crippen LogP contribution < -0.4 is 5.73 Å². The minimum Gasteiger partial charge on any atom is -0.462 e. The van der Waals surface area contributed by atoms with Crippen molar-refractivity contribution in [1.82, 2.24) is 0 Å². The predicted octanol–water partition coefficient (Wildman–Crippen LogP) is 2.78. The number of ether oxygens (including phenoxy) is 1. The topological polar surface area (TPSA) is 47.6 Å². The maximum Gasteiger partial charge on any atom is 0.283 e. The first-order chi connectivity index (χ1) is 8.95. The maximum absolute atomic E-state index is 14.0. The molecule has 1 fully saturated rings. The third-order valence-corrected chi connectivity index (χ3v) is 4.05. The van der Waals surface area contributed by atoms with Gasteiger partial charge >= 0.3 is 0 Å². The number of aliphatic imine (C=N–C) groups is 1. The first kappa shape index (κ1) is 12.8. The zero-order chi connectivity index (χ0) is 13.8. The molecule has 1 aromatic carbocycles. The number of nitrogens with two attached hydrogens (primary N) is 1. The molecule has 1 heterocycles. The highest BCUT2D eigenvalue weighted by atomic mass is 79.9. The average molecular weight is 335 g/mol. The lowest BCUT2D eigenvalue weighted by atomic mass is 9.85. The van der Waals surface area contributed by atoms with Gasteiger partial charge in [0.1, 0.15) is 11.9 Å². The Morgan fingerprint density at radius 3 is 2.89 bits per heavy atom. The molecule has 1 aliphatic heterocycles. The van der Waals surface area contributed by atoms with Gasteiger partial charge in [0.2, 0.25) is 0 Å². The van der Waals surface area contributed by atoms with Crippen molar-refractivity contribution in [1.29, 1.82) is 0 Å². The normalized spacial score (nSPS) is 32.6. The summed E-state index contributed by atoms with van der Waals surface area (Å²) in [5.74, 6) is -1.25. The number of rotatable bonds is 2. The Balaban J connectivity index is 2.21. The van der Waals surface area contributed by atoms with Gasteiger partial charge in [-0.3, -0.25) is 0 Å². The molecular weight excluding hydrogens is 325 g/mol. The van der Waals surface area contributed by atoms with Crippen molar-refractivity contribution >= 4 is 22.0 Å². The molecule has 7 heteroatoms. The van der Waals surface area contributed by atoms with Crippen molar-refractivity contribution in [3.63, 3.8) is 0 Å². The van der Waals surface area contributed by atoms with Crippen LogP contribution >= 0.6 is 15.9 Å². The van der Waals surface area contributed by atoms with Crippen LogP contribution in [-0.4, -0.2) is 18.6 Å². The molecule has 0 radical (unpaired) electrons. The van der Waals surface area contributed by atoms with Crippen molar-refractivity contribution in [3.8, 4) is 0 Å². The van der Waals surface area contributed by atoms with Crippen molar-refractivity contribution in [2.75, 3.05) is 0 Å². The van der Waals surface area contributed by atoms with E-state index in [1.165, 1.54) is 12.1 Å². The van der Waals surface area contributed by atoms with Crippen molar-refractivity contribution in [2.45, 2.75) is 24.5 Å². The Kier molecular flexibility index (Phi) is 2.78. The van der Waals surface area contributed by atoms with E-state index < -0.39 is 29.8 Å². The molecule has 1 aromatic rings. The largest absolute Gasteiger partial charge is 0.462 e. The first-order valence-electron chi connectivity index (χ1n) is 5.71. The van der Waals surface area contributed by atoms with Crippen LogP contribution in [0.4, 0.5) is 13.2 Å². The van der Waals surface area contributed by atoms with Crippen LogP contribution in [0.2, 0.25) is 0 Å². The van der Waals surface area contributed by atoms with Crippen molar-refractivity contribution in [3.05, 3.63) is 34.1 Å². The zero-order valence-corrected chi connectivity index (χ0v) is 11.2. The number of halogens is 4. The van der Waals surface area contributed by atoms with Crippen LogP contribution in [0, 0.1) is 11.7 Å². The Morgan fingerprint density at radius 2 is 2.21 bits per heavy atom. The van der Waals surface area contributed by atoms with E-state index in [-0.39, 0.29) is 11.6 Å². The average Bonchev–Trinajstić information content (AvgIpc) is 3.10. The lowest BCUT2D eigenvalue weighted by molar-refractivity contribution is 0.0176. The van der Waals surface area contributed by atoms with E-state index in [2.05, 4.69) is 20.9 Å². The number of fused-ring (bicyclic) bond motifs is 1. The molecule has 0 spiro atoms. The summed E-state index contributed by atoms with van der Waals surface area (Å²) in [5.41, 5.74) is 3.36. The van der Waals surface area contributed by atoms with Gasteiger partial charge in [-0.05, 0) is 24.6 Å². The van der Waals surface area contributed by atoms with Crippen LogP contribution in [0.3, 0.4) is 0 Å². The van der Waals surface area contributed by atoms with E-state index in [0.717, 1.165) is 6.07 Å². The molecule has 3 rings (SSSR count). The second kappa shape index (κ2) is 4.13. The number of hydrogen-bond acceptors (Lipinski definition) is 3. The maximum atomic E-state index is 14.0. The third-order valence-electron chi connectivity index (χ3n) is 3.56. The van der Waals surface area contributed by atoms with Gasteiger partial charge in [-0.2, -0.15) is 0 Å². The molecule has 19 heavy (non-hydrogen) atoms. The van der Waals surface area contributed by atoms with Crippen LogP contribution in [0.5, 0.6) is 0 Å². The Morgan fingerprint density at radius 1 is 1.47 bits per heavy atom. The van der Waals surface area contributed by atoms with E-state index in [0.29, 0.717) is 10.9 Å². The van der Waals surface area contributed by atoms with Gasteiger partial charge in [-0.1, -0.05) is 15.9 Å². The fourth-order valence-electron chi connectivity index (χ4n) is 2.60. The number of nitrogens with zero attached hydrogens (tertiary/aromatic N) is 1. The van der Waals surface area contributed by atoms with Crippen molar-refractivity contribution in [2.24, 2.45) is 16.6 Å². The minimum absolute atomic E-state index is 0.143. The van der Waals surface area contributed by atoms with Crippen LogP contribution in [0.15, 0.2) is 27.7 Å². The van der Waals surface area contributed by atoms with Crippen LogP contribution in [0.25, 0.3) is 0 Å². The molecule has 2 aliphatic rings. The summed E-state index contributed by atoms with van der Waals surface area (Å²) < 4.78 is 46.9. The van der Waals surface area contributed by atoms with Gasteiger partial charge in [-0.25, -0.2) is 18.2 Å². The summed E-state index contributed by atoms with van der Waals surface area (Å²) in [6.07, 6.45) is -2.85. The highest BCUT2D eigenvalue weighted by Crippen LogP contribution is 2.56. The third kappa shape index (κ3) is 1.82. The van der Waals surface area contributed by atoms with Crippen molar-refractivity contribution < 1.29 is 17.9 Å². The summed E-state index contributed by atoms with van der Waals surface area (Å²) in [6, 6.07) is 3.62. The lowest BCUT2D eigenvalue weighted by Gasteiger charge is -2.33. The van der Waals surface area contributed by atoms with Gasteiger partial charge in [0, 0.05) is 16.0 Å². The Labute approximate surface area is 115 Å². The molecule has 3 nitrogen and oxygen atoms in total. The summed E-state index contributed by atoms with van der Waals surface area (Å²) in [6.45, 7) is 0. The summed E-state index contributed by atoms with van der Waals surface area (Å²) in [5, 5.41) is 0. The molecule has 3 atom stereocenters. The van der Waals surface area contributed by atoms with E-state index in [4.69, 9.17) is 10.5 Å². The highest BCUT2D eigenvalue weighted by molar-refractivity contribution is 9.10. The molecule has 0 aromatic heterocycles. The van der Waals surface area contributed by atoms with Gasteiger partial charge in [0.05, 0.1) is 0 Å². The molecule has 0 amide bonds. The Bertz CT molecular complexity index is 566. The molecular formula is C12H10BrF3N2O. The van der Waals surface area contributed by atoms with E-state index in [1.807, 2.05) is 0 Å². The molecule has 0 unspecified atom stereocenters. The molecule has 0 saturated heterocycles. The zero-order valence-electron chi connectivity index (χ0n) is 9.62. The number of hydrogen-bond donors (Lipinski definition) is 1. The fraction of sp³-hybridized carbons (Fsp3) is 0.417. The highest BCUT2D eigenvalue weighted by Gasteiger charge is 2.64. The molecule has 1 aliphatic carbocycles. The Hall–Kier alpha value is -1.24. The second-order valence-electron chi connectivity index (χ2n) is 4.70. The lowest BCUT2D eigenvalue weighted by Crippen LogP contribution is -2.43. The number of amidine groups is 1. The van der Waals surface area contributed by atoms with E-state index >= 15 is 0 Å². The van der Waals surface area contributed by atoms with E-state index in [9.17, 15) is 13.2 Å². The van der Waals surface area contributed by atoms with Gasteiger partial charge in [0.15, 0.2) is 5.54 Å².